The first kappa shape index (κ1) is 15.4. The van der Waals surface area contributed by atoms with E-state index in [1.165, 1.54) is 5.01 Å². The number of likely N-dealkylation sites (tertiary alicyclic amines) is 1. The van der Waals surface area contributed by atoms with E-state index in [0.29, 0.717) is 5.92 Å². The van der Waals surface area contributed by atoms with Crippen LogP contribution < -0.4 is 0 Å². The number of aliphatic carboxylic acids is 1. The molecule has 0 atom stereocenters. The Kier molecular flexibility index (Phi) is 5.51. The molecule has 0 aliphatic carbocycles. The van der Waals surface area contributed by atoms with Gasteiger partial charge >= 0.3 is 5.97 Å². The van der Waals surface area contributed by atoms with Crippen molar-refractivity contribution in [2.45, 2.75) is 45.3 Å². The minimum absolute atomic E-state index is 0.0870. The summed E-state index contributed by atoms with van der Waals surface area (Å²) in [5.74, 6) is -0.403. The molecule has 1 aromatic rings. The highest BCUT2D eigenvalue weighted by Gasteiger charge is 2.21. The van der Waals surface area contributed by atoms with Crippen LogP contribution in [-0.2, 0) is 16.1 Å². The molecule has 1 saturated heterocycles. The van der Waals surface area contributed by atoms with Crippen molar-refractivity contribution in [3.05, 3.63) is 16.1 Å². The van der Waals surface area contributed by atoms with Crippen LogP contribution in [0.4, 0.5) is 0 Å². The number of carboxylic acids is 1. The van der Waals surface area contributed by atoms with E-state index >= 15 is 0 Å². The maximum absolute atomic E-state index is 10.5. The SMILES string of the molecule is CC(C)c1nc(CN2CCC(OCC(=O)O)CC2)cs1. The van der Waals surface area contributed by atoms with E-state index in [0.717, 1.165) is 38.2 Å². The topological polar surface area (TPSA) is 62.7 Å². The molecule has 0 spiro atoms. The number of hydrogen-bond donors (Lipinski definition) is 1. The van der Waals surface area contributed by atoms with Gasteiger partial charge in [-0.25, -0.2) is 9.78 Å². The maximum Gasteiger partial charge on any atom is 0.329 e. The van der Waals surface area contributed by atoms with Crippen LogP contribution in [0.5, 0.6) is 0 Å². The summed E-state index contributed by atoms with van der Waals surface area (Å²) < 4.78 is 5.34. The Bertz CT molecular complexity index is 439. The first-order valence-corrected chi connectivity index (χ1v) is 7.92. The summed E-state index contributed by atoms with van der Waals surface area (Å²) in [5, 5.41) is 11.9. The second-order valence-corrected chi connectivity index (χ2v) is 6.40. The molecule has 0 amide bonds. The van der Waals surface area contributed by atoms with Gasteiger partial charge in [0, 0.05) is 30.9 Å². The van der Waals surface area contributed by atoms with Crippen LogP contribution in [0.2, 0.25) is 0 Å². The summed E-state index contributed by atoms with van der Waals surface area (Å²) in [6.45, 7) is 6.91. The Hall–Kier alpha value is -0.980. The van der Waals surface area contributed by atoms with E-state index in [2.05, 4.69) is 29.1 Å². The zero-order valence-electron chi connectivity index (χ0n) is 12.0. The molecule has 112 valence electrons. The van der Waals surface area contributed by atoms with Crippen molar-refractivity contribution >= 4 is 17.3 Å². The lowest BCUT2D eigenvalue weighted by Gasteiger charge is -2.31. The Morgan fingerprint density at radius 3 is 2.80 bits per heavy atom. The Morgan fingerprint density at radius 1 is 1.55 bits per heavy atom. The monoisotopic (exact) mass is 298 g/mol. The van der Waals surface area contributed by atoms with E-state index < -0.39 is 5.97 Å². The summed E-state index contributed by atoms with van der Waals surface area (Å²) >= 11 is 1.73. The third kappa shape index (κ3) is 4.54. The van der Waals surface area contributed by atoms with E-state index in [1.807, 2.05) is 0 Å². The van der Waals surface area contributed by atoms with Crippen LogP contribution in [0.25, 0.3) is 0 Å². The molecule has 0 aromatic carbocycles. The fourth-order valence-corrected chi connectivity index (χ4v) is 3.14. The third-order valence-electron chi connectivity index (χ3n) is 3.43. The molecule has 1 N–H and O–H groups in total. The van der Waals surface area contributed by atoms with Gasteiger partial charge < -0.3 is 9.84 Å². The van der Waals surface area contributed by atoms with Crippen LogP contribution in [0, 0.1) is 0 Å². The van der Waals surface area contributed by atoms with Gasteiger partial charge in [0.05, 0.1) is 16.8 Å². The van der Waals surface area contributed by atoms with Crippen molar-refractivity contribution in [3.8, 4) is 0 Å². The number of carbonyl (C=O) groups is 1. The van der Waals surface area contributed by atoms with Crippen molar-refractivity contribution in [2.24, 2.45) is 0 Å². The molecule has 1 aliphatic heterocycles. The highest BCUT2D eigenvalue weighted by Crippen LogP contribution is 2.21. The lowest BCUT2D eigenvalue weighted by molar-refractivity contribution is -0.145. The van der Waals surface area contributed by atoms with Crippen LogP contribution in [-0.4, -0.2) is 46.8 Å². The largest absolute Gasteiger partial charge is 0.480 e. The number of thiazole rings is 1. The lowest BCUT2D eigenvalue weighted by atomic mass is 10.1. The predicted molar refractivity (Wildman–Crippen MR) is 78.1 cm³/mol. The first-order valence-electron chi connectivity index (χ1n) is 7.04. The van der Waals surface area contributed by atoms with Crippen LogP contribution in [0.3, 0.4) is 0 Å². The summed E-state index contributed by atoms with van der Waals surface area (Å²) in [4.78, 5) is 17.5. The molecule has 0 radical (unpaired) electrons. The standard InChI is InChI=1S/C14H22N2O3S/c1-10(2)14-15-11(9-20-14)7-16-5-3-12(4-6-16)19-8-13(17)18/h9-10,12H,3-8H2,1-2H3,(H,17,18). The number of nitrogens with zero attached hydrogens (tertiary/aromatic N) is 2. The number of aromatic nitrogens is 1. The van der Waals surface area contributed by atoms with Gasteiger partial charge in [-0.15, -0.1) is 11.3 Å². The summed E-state index contributed by atoms with van der Waals surface area (Å²) in [7, 11) is 0. The summed E-state index contributed by atoms with van der Waals surface area (Å²) in [5.41, 5.74) is 1.14. The normalized spacial score (nSPS) is 17.8. The fraction of sp³-hybridized carbons (Fsp3) is 0.714. The Labute approximate surface area is 123 Å². The number of piperidine rings is 1. The number of carboxylic acid groups (broad SMARTS) is 1. The van der Waals surface area contributed by atoms with Gasteiger partial charge in [-0.05, 0) is 12.8 Å². The predicted octanol–water partition coefficient (Wildman–Crippen LogP) is 2.33. The molecule has 20 heavy (non-hydrogen) atoms. The van der Waals surface area contributed by atoms with E-state index in [9.17, 15) is 4.79 Å². The van der Waals surface area contributed by atoms with Gasteiger partial charge in [0.1, 0.15) is 6.61 Å². The van der Waals surface area contributed by atoms with Crippen LogP contribution in [0.1, 0.15) is 43.3 Å². The molecule has 6 heteroatoms. The summed E-state index contributed by atoms with van der Waals surface area (Å²) in [6, 6.07) is 0. The summed E-state index contributed by atoms with van der Waals surface area (Å²) in [6.07, 6.45) is 1.88. The molecule has 2 heterocycles. The minimum Gasteiger partial charge on any atom is -0.480 e. The van der Waals surface area contributed by atoms with Gasteiger partial charge in [-0.3, -0.25) is 4.90 Å². The molecule has 5 nitrogen and oxygen atoms in total. The van der Waals surface area contributed by atoms with Crippen LogP contribution >= 0.6 is 11.3 Å². The Balaban J connectivity index is 1.74. The molecule has 1 aromatic heterocycles. The van der Waals surface area contributed by atoms with Crippen molar-refractivity contribution in [2.75, 3.05) is 19.7 Å². The number of hydrogen-bond acceptors (Lipinski definition) is 5. The van der Waals surface area contributed by atoms with Gasteiger partial charge in [0.15, 0.2) is 0 Å². The molecule has 1 fully saturated rings. The van der Waals surface area contributed by atoms with E-state index in [1.54, 1.807) is 11.3 Å². The number of ether oxygens (including phenoxy) is 1. The highest BCUT2D eigenvalue weighted by molar-refractivity contribution is 7.09. The quantitative estimate of drug-likeness (QED) is 0.873. The average molecular weight is 298 g/mol. The van der Waals surface area contributed by atoms with Crippen molar-refractivity contribution < 1.29 is 14.6 Å². The second kappa shape index (κ2) is 7.15. The second-order valence-electron chi connectivity index (χ2n) is 5.51. The molecule has 0 unspecified atom stereocenters. The van der Waals surface area contributed by atoms with Gasteiger partial charge in [-0.2, -0.15) is 0 Å². The molecule has 0 bridgehead atoms. The Morgan fingerprint density at radius 2 is 2.25 bits per heavy atom. The van der Waals surface area contributed by atoms with Crippen molar-refractivity contribution in [1.29, 1.82) is 0 Å². The molecule has 0 saturated carbocycles. The minimum atomic E-state index is -0.892. The molecular weight excluding hydrogens is 276 g/mol. The van der Waals surface area contributed by atoms with Gasteiger partial charge in [0.2, 0.25) is 0 Å². The zero-order chi connectivity index (χ0) is 14.5. The molecular formula is C14H22N2O3S. The van der Waals surface area contributed by atoms with Gasteiger partial charge in [0.25, 0.3) is 0 Å². The first-order chi connectivity index (χ1) is 9.54. The number of rotatable bonds is 6. The molecule has 2 rings (SSSR count). The van der Waals surface area contributed by atoms with Crippen molar-refractivity contribution in [1.82, 2.24) is 9.88 Å². The smallest absolute Gasteiger partial charge is 0.329 e. The van der Waals surface area contributed by atoms with Crippen LogP contribution in [0.15, 0.2) is 5.38 Å². The fourth-order valence-electron chi connectivity index (χ4n) is 2.31. The maximum atomic E-state index is 10.5. The zero-order valence-corrected chi connectivity index (χ0v) is 12.9. The van der Waals surface area contributed by atoms with E-state index in [4.69, 9.17) is 9.84 Å². The highest BCUT2D eigenvalue weighted by atomic mass is 32.1. The lowest BCUT2D eigenvalue weighted by Crippen LogP contribution is -2.37. The van der Waals surface area contributed by atoms with E-state index in [-0.39, 0.29) is 12.7 Å². The van der Waals surface area contributed by atoms with Crippen molar-refractivity contribution in [3.63, 3.8) is 0 Å². The molecule has 1 aliphatic rings. The third-order valence-corrected chi connectivity index (χ3v) is 4.62. The average Bonchev–Trinajstić information content (AvgIpc) is 2.86. The van der Waals surface area contributed by atoms with Gasteiger partial charge in [-0.1, -0.05) is 13.8 Å².